The Kier molecular flexibility index (Phi) is 3.55. The molecule has 1 aromatic heterocycles. The van der Waals surface area contributed by atoms with Crippen LogP contribution in [0.3, 0.4) is 0 Å². The van der Waals surface area contributed by atoms with Crippen LogP contribution >= 0.6 is 0 Å². The van der Waals surface area contributed by atoms with Crippen LogP contribution in [0.5, 0.6) is 0 Å². The van der Waals surface area contributed by atoms with Gasteiger partial charge >= 0.3 is 5.97 Å². The molecule has 5 heteroatoms. The molecule has 0 fully saturated rings. The second-order valence-electron chi connectivity index (χ2n) is 5.17. The van der Waals surface area contributed by atoms with Crippen molar-refractivity contribution < 1.29 is 14.3 Å². The van der Waals surface area contributed by atoms with Gasteiger partial charge in [0.2, 0.25) is 0 Å². The first-order valence-electron chi connectivity index (χ1n) is 6.91. The van der Waals surface area contributed by atoms with E-state index in [9.17, 15) is 9.18 Å². The van der Waals surface area contributed by atoms with Gasteiger partial charge in [-0.25, -0.2) is 4.39 Å². The number of hydrogen-bond donors (Lipinski definition) is 3. The van der Waals surface area contributed by atoms with E-state index < -0.39 is 17.8 Å². The van der Waals surface area contributed by atoms with Crippen molar-refractivity contribution in [3.8, 4) is 11.3 Å². The number of carboxylic acid groups (broad SMARTS) is 1. The fraction of sp³-hybridized carbons (Fsp3) is 0.118. The van der Waals surface area contributed by atoms with Crippen molar-refractivity contribution in [3.63, 3.8) is 0 Å². The molecular weight excluding hydrogens is 283 g/mol. The third-order valence-electron chi connectivity index (χ3n) is 3.52. The van der Waals surface area contributed by atoms with Crippen LogP contribution in [-0.2, 0) is 4.79 Å². The summed E-state index contributed by atoms with van der Waals surface area (Å²) in [6.45, 7) is 1.51. The van der Waals surface area contributed by atoms with E-state index in [-0.39, 0.29) is 0 Å². The van der Waals surface area contributed by atoms with E-state index in [1.165, 1.54) is 19.1 Å². The molecule has 3 rings (SSSR count). The smallest absolute Gasteiger partial charge is 0.325 e. The Hall–Kier alpha value is -2.82. The van der Waals surface area contributed by atoms with Crippen molar-refractivity contribution in [2.45, 2.75) is 13.0 Å². The second-order valence-corrected chi connectivity index (χ2v) is 5.17. The summed E-state index contributed by atoms with van der Waals surface area (Å²) in [7, 11) is 0. The van der Waals surface area contributed by atoms with E-state index >= 15 is 0 Å². The number of nitrogens with one attached hydrogen (secondary N) is 2. The predicted molar refractivity (Wildman–Crippen MR) is 84.4 cm³/mol. The maximum Gasteiger partial charge on any atom is 0.325 e. The number of anilines is 1. The summed E-state index contributed by atoms with van der Waals surface area (Å²) in [5.74, 6) is -1.40. The number of hydrogen-bond acceptors (Lipinski definition) is 2. The number of aliphatic carboxylic acids is 1. The fourth-order valence-electron chi connectivity index (χ4n) is 2.39. The minimum atomic E-state index is -0.993. The van der Waals surface area contributed by atoms with E-state index in [0.29, 0.717) is 16.6 Å². The highest BCUT2D eigenvalue weighted by Gasteiger charge is 2.15. The number of carbonyl (C=O) groups is 1. The lowest BCUT2D eigenvalue weighted by Gasteiger charge is -2.11. The lowest BCUT2D eigenvalue weighted by molar-refractivity contribution is -0.137. The zero-order valence-corrected chi connectivity index (χ0v) is 11.9. The zero-order chi connectivity index (χ0) is 15.7. The highest BCUT2D eigenvalue weighted by Crippen LogP contribution is 2.30. The molecule has 0 saturated heterocycles. The van der Waals surface area contributed by atoms with Gasteiger partial charge in [0.05, 0.1) is 11.2 Å². The van der Waals surface area contributed by atoms with Gasteiger partial charge in [-0.2, -0.15) is 0 Å². The molecule has 0 aliphatic carbocycles. The zero-order valence-electron chi connectivity index (χ0n) is 11.9. The number of halogens is 1. The molecule has 4 nitrogen and oxygen atoms in total. The van der Waals surface area contributed by atoms with Crippen LogP contribution in [0, 0.1) is 5.82 Å². The fourth-order valence-corrected chi connectivity index (χ4v) is 2.39. The third kappa shape index (κ3) is 2.65. The number of aromatic nitrogens is 1. The molecule has 1 unspecified atom stereocenters. The Morgan fingerprint density at radius 3 is 2.64 bits per heavy atom. The lowest BCUT2D eigenvalue weighted by Crippen LogP contribution is -2.25. The lowest BCUT2D eigenvalue weighted by atomic mass is 10.1. The molecule has 0 aliphatic heterocycles. The first kappa shape index (κ1) is 14.1. The monoisotopic (exact) mass is 298 g/mol. The molecular formula is C17H15FN2O2. The molecule has 22 heavy (non-hydrogen) atoms. The number of aromatic amines is 1. The summed E-state index contributed by atoms with van der Waals surface area (Å²) in [6, 6.07) is 13.4. The van der Waals surface area contributed by atoms with Gasteiger partial charge in [0.1, 0.15) is 11.9 Å². The van der Waals surface area contributed by atoms with Crippen LogP contribution in [0.1, 0.15) is 6.92 Å². The van der Waals surface area contributed by atoms with E-state index in [1.54, 1.807) is 0 Å². The number of rotatable bonds is 4. The number of H-pyrrole nitrogens is 1. The maximum absolute atomic E-state index is 13.8. The predicted octanol–water partition coefficient (Wildman–Crippen LogP) is 3.86. The highest BCUT2D eigenvalue weighted by molar-refractivity contribution is 5.96. The van der Waals surface area contributed by atoms with Crippen LogP contribution in [0.15, 0.2) is 48.5 Å². The SMILES string of the molecule is CC(Nc1cc(F)cc2cc(-c3ccccc3)[nH]c12)C(=O)O. The molecule has 0 radical (unpaired) electrons. The Bertz CT molecular complexity index is 827. The van der Waals surface area contributed by atoms with Crippen molar-refractivity contribution in [2.75, 3.05) is 5.32 Å². The molecule has 0 amide bonds. The summed E-state index contributed by atoms with van der Waals surface area (Å²) in [5, 5.41) is 12.5. The highest BCUT2D eigenvalue weighted by atomic mass is 19.1. The Labute approximate surface area is 126 Å². The van der Waals surface area contributed by atoms with Crippen LogP contribution < -0.4 is 5.32 Å². The molecule has 0 bridgehead atoms. The summed E-state index contributed by atoms with van der Waals surface area (Å²) in [4.78, 5) is 14.2. The quantitative estimate of drug-likeness (QED) is 0.685. The minimum Gasteiger partial charge on any atom is -0.480 e. The molecule has 0 aliphatic rings. The van der Waals surface area contributed by atoms with Crippen LogP contribution in [0.4, 0.5) is 10.1 Å². The summed E-state index contributed by atoms with van der Waals surface area (Å²) in [6.07, 6.45) is 0. The van der Waals surface area contributed by atoms with Crippen molar-refractivity contribution in [1.29, 1.82) is 0 Å². The first-order chi connectivity index (χ1) is 10.5. The van der Waals surface area contributed by atoms with Gasteiger partial charge in [-0.3, -0.25) is 4.79 Å². The largest absolute Gasteiger partial charge is 0.480 e. The Morgan fingerprint density at radius 1 is 1.23 bits per heavy atom. The normalized spacial score (nSPS) is 12.3. The molecule has 1 atom stereocenters. The Balaban J connectivity index is 2.09. The molecule has 0 saturated carbocycles. The van der Waals surface area contributed by atoms with Gasteiger partial charge in [-0.05, 0) is 30.7 Å². The topological polar surface area (TPSA) is 65.1 Å². The average molecular weight is 298 g/mol. The first-order valence-corrected chi connectivity index (χ1v) is 6.91. The van der Waals surface area contributed by atoms with Gasteiger partial charge in [0.25, 0.3) is 0 Å². The van der Waals surface area contributed by atoms with Crippen LogP contribution in [-0.4, -0.2) is 22.1 Å². The van der Waals surface area contributed by atoms with E-state index in [4.69, 9.17) is 5.11 Å². The van der Waals surface area contributed by atoms with Crippen molar-refractivity contribution in [1.82, 2.24) is 4.98 Å². The molecule has 112 valence electrons. The number of benzene rings is 2. The minimum absolute atomic E-state index is 0.411. The molecule has 3 N–H and O–H groups in total. The average Bonchev–Trinajstić information content (AvgIpc) is 2.92. The van der Waals surface area contributed by atoms with Crippen molar-refractivity contribution >= 4 is 22.6 Å². The summed E-state index contributed by atoms with van der Waals surface area (Å²) < 4.78 is 13.8. The number of fused-ring (bicyclic) bond motifs is 1. The van der Waals surface area contributed by atoms with Gasteiger partial charge in [-0.15, -0.1) is 0 Å². The van der Waals surface area contributed by atoms with Crippen LogP contribution in [0.25, 0.3) is 22.2 Å². The van der Waals surface area contributed by atoms with Gasteiger partial charge in [0, 0.05) is 11.1 Å². The van der Waals surface area contributed by atoms with Crippen molar-refractivity contribution in [2.24, 2.45) is 0 Å². The molecule has 3 aromatic rings. The van der Waals surface area contributed by atoms with E-state index in [2.05, 4.69) is 10.3 Å². The molecule has 2 aromatic carbocycles. The summed E-state index contributed by atoms with van der Waals surface area (Å²) in [5.41, 5.74) is 2.96. The van der Waals surface area contributed by atoms with Crippen molar-refractivity contribution in [3.05, 3.63) is 54.3 Å². The van der Waals surface area contributed by atoms with Gasteiger partial charge in [-0.1, -0.05) is 30.3 Å². The number of carboxylic acids is 1. The van der Waals surface area contributed by atoms with Gasteiger partial charge < -0.3 is 15.4 Å². The van der Waals surface area contributed by atoms with E-state index in [1.807, 2.05) is 36.4 Å². The van der Waals surface area contributed by atoms with Crippen LogP contribution in [0.2, 0.25) is 0 Å². The summed E-state index contributed by atoms with van der Waals surface area (Å²) >= 11 is 0. The van der Waals surface area contributed by atoms with Gasteiger partial charge in [0.15, 0.2) is 0 Å². The Morgan fingerprint density at radius 2 is 1.95 bits per heavy atom. The third-order valence-corrected chi connectivity index (χ3v) is 3.52. The maximum atomic E-state index is 13.8. The second kappa shape index (κ2) is 5.52. The van der Waals surface area contributed by atoms with E-state index in [0.717, 1.165) is 11.3 Å². The molecule has 0 spiro atoms. The molecule has 1 heterocycles. The standard InChI is InChI=1S/C17H15FN2O2/c1-10(17(21)22)19-15-9-13(18)7-12-8-14(20-16(12)15)11-5-3-2-4-6-11/h2-10,19-20H,1H3,(H,21,22).